The van der Waals surface area contributed by atoms with E-state index in [1.807, 2.05) is 0 Å². The smallest absolute Gasteiger partial charge is 0.0400 e. The summed E-state index contributed by atoms with van der Waals surface area (Å²) in [6.45, 7) is 8.70. The summed E-state index contributed by atoms with van der Waals surface area (Å²) in [7, 11) is 0. The van der Waals surface area contributed by atoms with Gasteiger partial charge in [-0.05, 0) is 23.5 Å². The Balaban J connectivity index is 2.09. The number of fused-ring (bicyclic) bond motifs is 1. The van der Waals surface area contributed by atoms with Crippen LogP contribution in [0.15, 0.2) is 24.3 Å². The first-order valence-electron chi connectivity index (χ1n) is 6.07. The van der Waals surface area contributed by atoms with Gasteiger partial charge in [0.2, 0.25) is 0 Å². The van der Waals surface area contributed by atoms with E-state index >= 15 is 0 Å². The highest BCUT2D eigenvalue weighted by molar-refractivity contribution is 5.57. The number of rotatable bonds is 2. The summed E-state index contributed by atoms with van der Waals surface area (Å²) < 4.78 is 0. The maximum Gasteiger partial charge on any atom is 0.0400 e. The first-order chi connectivity index (χ1) is 7.48. The van der Waals surface area contributed by atoms with E-state index in [-0.39, 0.29) is 11.5 Å². The monoisotopic (exact) mass is 218 g/mol. The lowest BCUT2D eigenvalue weighted by molar-refractivity contribution is 0.322. The zero-order valence-electron chi connectivity index (χ0n) is 10.5. The van der Waals surface area contributed by atoms with Crippen molar-refractivity contribution in [1.29, 1.82) is 0 Å². The lowest BCUT2D eigenvalue weighted by atomic mass is 9.87. The van der Waals surface area contributed by atoms with E-state index in [0.717, 1.165) is 19.5 Å². The molecule has 1 heterocycles. The van der Waals surface area contributed by atoms with Crippen LogP contribution >= 0.6 is 0 Å². The molecule has 0 bridgehead atoms. The van der Waals surface area contributed by atoms with Crippen molar-refractivity contribution in [1.82, 2.24) is 0 Å². The standard InChI is InChI=1S/C14H22N2/c1-14(2,3)13(15)10-16-9-8-11-6-4-5-7-12(11)16/h4-7,13H,8-10,15H2,1-3H3. The Kier molecular flexibility index (Phi) is 2.94. The SMILES string of the molecule is CC(C)(C)C(N)CN1CCc2ccccc21. The molecule has 88 valence electrons. The third-order valence-corrected chi connectivity index (χ3v) is 3.51. The Morgan fingerprint density at radius 3 is 2.69 bits per heavy atom. The van der Waals surface area contributed by atoms with Crippen molar-refractivity contribution in [3.63, 3.8) is 0 Å². The van der Waals surface area contributed by atoms with Crippen LogP contribution in [0, 0.1) is 5.41 Å². The van der Waals surface area contributed by atoms with E-state index in [1.54, 1.807) is 0 Å². The molecule has 0 amide bonds. The first-order valence-corrected chi connectivity index (χ1v) is 6.07. The lowest BCUT2D eigenvalue weighted by Crippen LogP contribution is -2.45. The second-order valence-corrected chi connectivity index (χ2v) is 5.80. The van der Waals surface area contributed by atoms with Crippen molar-refractivity contribution in [2.45, 2.75) is 33.2 Å². The fourth-order valence-corrected chi connectivity index (χ4v) is 2.11. The molecule has 0 saturated carbocycles. The number of hydrogen-bond acceptors (Lipinski definition) is 2. The van der Waals surface area contributed by atoms with Crippen LogP contribution in [0.3, 0.4) is 0 Å². The van der Waals surface area contributed by atoms with Crippen molar-refractivity contribution in [3.8, 4) is 0 Å². The zero-order chi connectivity index (χ0) is 11.8. The quantitative estimate of drug-likeness (QED) is 0.826. The molecule has 2 N–H and O–H groups in total. The van der Waals surface area contributed by atoms with Gasteiger partial charge in [-0.3, -0.25) is 0 Å². The van der Waals surface area contributed by atoms with Crippen LogP contribution in [-0.2, 0) is 6.42 Å². The predicted molar refractivity (Wildman–Crippen MR) is 69.8 cm³/mol. The predicted octanol–water partition coefficient (Wildman–Crippen LogP) is 2.42. The average Bonchev–Trinajstić information content (AvgIpc) is 2.61. The number of anilines is 1. The molecule has 2 heteroatoms. The molecule has 1 aromatic rings. The van der Waals surface area contributed by atoms with Crippen molar-refractivity contribution < 1.29 is 0 Å². The summed E-state index contributed by atoms with van der Waals surface area (Å²) in [6.07, 6.45) is 1.16. The van der Waals surface area contributed by atoms with Gasteiger partial charge in [-0.15, -0.1) is 0 Å². The van der Waals surface area contributed by atoms with Crippen LogP contribution in [-0.4, -0.2) is 19.1 Å². The van der Waals surface area contributed by atoms with E-state index in [1.165, 1.54) is 11.3 Å². The van der Waals surface area contributed by atoms with Crippen LogP contribution in [0.5, 0.6) is 0 Å². The molecule has 1 atom stereocenters. The second kappa shape index (κ2) is 4.10. The van der Waals surface area contributed by atoms with Crippen LogP contribution in [0.1, 0.15) is 26.3 Å². The number of nitrogens with zero attached hydrogens (tertiary/aromatic N) is 1. The molecule has 0 saturated heterocycles. The molecule has 0 spiro atoms. The van der Waals surface area contributed by atoms with Gasteiger partial charge in [-0.25, -0.2) is 0 Å². The molecule has 1 aromatic carbocycles. The van der Waals surface area contributed by atoms with Crippen molar-refractivity contribution in [3.05, 3.63) is 29.8 Å². The maximum absolute atomic E-state index is 6.25. The largest absolute Gasteiger partial charge is 0.369 e. The Morgan fingerprint density at radius 1 is 1.31 bits per heavy atom. The van der Waals surface area contributed by atoms with Gasteiger partial charge in [-0.1, -0.05) is 39.0 Å². The minimum absolute atomic E-state index is 0.178. The summed E-state index contributed by atoms with van der Waals surface area (Å²) in [5.74, 6) is 0. The molecule has 1 aliphatic rings. The molecule has 16 heavy (non-hydrogen) atoms. The minimum Gasteiger partial charge on any atom is -0.369 e. The molecule has 0 radical (unpaired) electrons. The summed E-state index contributed by atoms with van der Waals surface area (Å²) in [4.78, 5) is 2.42. The lowest BCUT2D eigenvalue weighted by Gasteiger charge is -2.32. The molecule has 1 aliphatic heterocycles. The first kappa shape index (κ1) is 11.5. The van der Waals surface area contributed by atoms with Gasteiger partial charge in [0.15, 0.2) is 0 Å². The summed E-state index contributed by atoms with van der Waals surface area (Å²) >= 11 is 0. The van der Waals surface area contributed by atoms with Gasteiger partial charge in [0.05, 0.1) is 0 Å². The highest BCUT2D eigenvalue weighted by Gasteiger charge is 2.26. The topological polar surface area (TPSA) is 29.3 Å². The highest BCUT2D eigenvalue weighted by Crippen LogP contribution is 2.29. The highest BCUT2D eigenvalue weighted by atomic mass is 15.2. The number of benzene rings is 1. The van der Waals surface area contributed by atoms with E-state index < -0.39 is 0 Å². The van der Waals surface area contributed by atoms with Crippen LogP contribution in [0.2, 0.25) is 0 Å². The fraction of sp³-hybridized carbons (Fsp3) is 0.571. The fourth-order valence-electron chi connectivity index (χ4n) is 2.11. The normalized spacial score (nSPS) is 17.4. The Morgan fingerprint density at radius 2 is 2.00 bits per heavy atom. The van der Waals surface area contributed by atoms with Crippen LogP contribution < -0.4 is 10.6 Å². The Hall–Kier alpha value is -1.02. The average molecular weight is 218 g/mol. The van der Waals surface area contributed by atoms with Crippen molar-refractivity contribution in [2.75, 3.05) is 18.0 Å². The molecule has 0 aliphatic carbocycles. The van der Waals surface area contributed by atoms with Crippen LogP contribution in [0.25, 0.3) is 0 Å². The molecule has 0 fully saturated rings. The van der Waals surface area contributed by atoms with Crippen LogP contribution in [0.4, 0.5) is 5.69 Å². The van der Waals surface area contributed by atoms with Crippen molar-refractivity contribution >= 4 is 5.69 Å². The van der Waals surface area contributed by atoms with Gasteiger partial charge < -0.3 is 10.6 Å². The Labute approximate surface area is 98.4 Å². The van der Waals surface area contributed by atoms with Gasteiger partial charge in [-0.2, -0.15) is 0 Å². The Bertz CT molecular complexity index is 365. The summed E-state index contributed by atoms with van der Waals surface area (Å²) in [5, 5.41) is 0. The maximum atomic E-state index is 6.25. The van der Waals surface area contributed by atoms with Crippen molar-refractivity contribution in [2.24, 2.45) is 11.1 Å². The van der Waals surface area contributed by atoms with E-state index in [0.29, 0.717) is 0 Å². The molecular weight excluding hydrogens is 196 g/mol. The van der Waals surface area contributed by atoms with E-state index in [9.17, 15) is 0 Å². The van der Waals surface area contributed by atoms with E-state index in [4.69, 9.17) is 5.73 Å². The number of hydrogen-bond donors (Lipinski definition) is 1. The van der Waals surface area contributed by atoms with E-state index in [2.05, 4.69) is 49.9 Å². The third-order valence-electron chi connectivity index (χ3n) is 3.51. The van der Waals surface area contributed by atoms with Gasteiger partial charge in [0.1, 0.15) is 0 Å². The molecule has 1 unspecified atom stereocenters. The molecule has 2 rings (SSSR count). The third kappa shape index (κ3) is 2.22. The molecular formula is C14H22N2. The minimum atomic E-state index is 0.178. The van der Waals surface area contributed by atoms with Gasteiger partial charge in [0.25, 0.3) is 0 Å². The number of para-hydroxylation sites is 1. The van der Waals surface area contributed by atoms with Gasteiger partial charge >= 0.3 is 0 Å². The van der Waals surface area contributed by atoms with Gasteiger partial charge in [0, 0.05) is 24.8 Å². The summed E-state index contributed by atoms with van der Waals surface area (Å²) in [5.41, 5.74) is 9.26. The zero-order valence-corrected chi connectivity index (χ0v) is 10.5. The summed E-state index contributed by atoms with van der Waals surface area (Å²) in [6, 6.07) is 8.88. The number of nitrogens with two attached hydrogens (primary N) is 1. The molecule has 2 nitrogen and oxygen atoms in total. The molecule has 0 aromatic heterocycles. The second-order valence-electron chi connectivity index (χ2n) is 5.80.